The molecule has 0 radical (unpaired) electrons. The third-order valence-electron chi connectivity index (χ3n) is 4.99. The van der Waals surface area contributed by atoms with Crippen LogP contribution in [0.5, 0.6) is 0 Å². The quantitative estimate of drug-likeness (QED) is 0.282. The summed E-state index contributed by atoms with van der Waals surface area (Å²) in [5, 5.41) is 0. The van der Waals surface area contributed by atoms with E-state index in [0.717, 1.165) is 25.3 Å². The molecule has 0 saturated carbocycles. The van der Waals surface area contributed by atoms with E-state index in [9.17, 15) is 19.2 Å². The van der Waals surface area contributed by atoms with Gasteiger partial charge in [0.15, 0.2) is 12.3 Å². The van der Waals surface area contributed by atoms with Gasteiger partial charge < -0.3 is 19.8 Å². The molecule has 33 heavy (non-hydrogen) atoms. The van der Waals surface area contributed by atoms with Crippen molar-refractivity contribution in [2.75, 3.05) is 23.8 Å². The lowest BCUT2D eigenvalue weighted by molar-refractivity contribution is -0.142. The van der Waals surface area contributed by atoms with Crippen LogP contribution in [-0.4, -0.2) is 34.6 Å². The van der Waals surface area contributed by atoms with E-state index in [1.54, 1.807) is 19.1 Å². The lowest BCUT2D eigenvalue weighted by Crippen LogP contribution is -2.43. The van der Waals surface area contributed by atoms with Gasteiger partial charge in [0.05, 0.1) is 0 Å². The third-order valence-corrected chi connectivity index (χ3v) is 4.99. The highest BCUT2D eigenvalue weighted by Gasteiger charge is 2.24. The molecule has 2 aromatic rings. The number of carbonyl (C=O) groups is 2. The van der Waals surface area contributed by atoms with Crippen molar-refractivity contribution >= 4 is 29.5 Å². The number of nitrogens with one attached hydrogen (secondary N) is 1. The molecule has 0 aromatic carbocycles. The number of aromatic amines is 1. The first-order valence-electron chi connectivity index (χ1n) is 11.1. The number of aromatic nitrogens is 2. The highest BCUT2D eigenvalue weighted by Crippen LogP contribution is 2.18. The molecule has 0 fully saturated rings. The Bertz CT molecular complexity index is 1100. The molecule has 2 heterocycles. The van der Waals surface area contributed by atoms with E-state index < -0.39 is 29.7 Å². The first-order chi connectivity index (χ1) is 15.8. The summed E-state index contributed by atoms with van der Waals surface area (Å²) in [6.07, 6.45) is 6.42. The smallest absolute Gasteiger partial charge is 0.331 e. The van der Waals surface area contributed by atoms with Crippen LogP contribution in [-0.2, 0) is 20.9 Å². The second-order valence-corrected chi connectivity index (χ2v) is 7.64. The van der Waals surface area contributed by atoms with Gasteiger partial charge in [-0.25, -0.2) is 9.59 Å². The number of nitrogens with two attached hydrogens (primary N) is 1. The Balaban J connectivity index is 2.22. The third kappa shape index (κ3) is 7.23. The Morgan fingerprint density at radius 1 is 1.18 bits per heavy atom. The maximum Gasteiger partial charge on any atom is 0.331 e. The van der Waals surface area contributed by atoms with Crippen LogP contribution in [0.3, 0.4) is 0 Å². The van der Waals surface area contributed by atoms with Gasteiger partial charge in [-0.3, -0.25) is 19.1 Å². The predicted octanol–water partition coefficient (Wildman–Crippen LogP) is 2.60. The zero-order chi connectivity index (χ0) is 24.4. The summed E-state index contributed by atoms with van der Waals surface area (Å²) in [7, 11) is 0. The normalized spacial score (nSPS) is 11.1. The zero-order valence-corrected chi connectivity index (χ0v) is 19.4. The van der Waals surface area contributed by atoms with Gasteiger partial charge in [0, 0.05) is 19.2 Å². The highest BCUT2D eigenvalue weighted by atomic mass is 16.5. The molecular formula is C23H32N4O6. The van der Waals surface area contributed by atoms with E-state index in [1.807, 2.05) is 13.8 Å². The Morgan fingerprint density at radius 3 is 2.55 bits per heavy atom. The molecule has 0 aliphatic heterocycles. The van der Waals surface area contributed by atoms with Gasteiger partial charge in [-0.1, -0.05) is 33.1 Å². The van der Waals surface area contributed by atoms with Crippen molar-refractivity contribution in [3.63, 3.8) is 0 Å². The van der Waals surface area contributed by atoms with E-state index in [2.05, 4.69) is 4.98 Å². The lowest BCUT2D eigenvalue weighted by atomic mass is 10.2. The largest absolute Gasteiger partial charge is 0.462 e. The van der Waals surface area contributed by atoms with Crippen LogP contribution in [0.4, 0.5) is 11.5 Å². The van der Waals surface area contributed by atoms with E-state index in [0.29, 0.717) is 30.9 Å². The Hall–Kier alpha value is -3.56. The first kappa shape index (κ1) is 25.7. The maximum absolute atomic E-state index is 12.9. The van der Waals surface area contributed by atoms with Gasteiger partial charge in [0.25, 0.3) is 11.5 Å². The molecule has 0 spiro atoms. The highest BCUT2D eigenvalue weighted by molar-refractivity contribution is 5.98. The number of H-pyrrole nitrogens is 1. The predicted molar refractivity (Wildman–Crippen MR) is 126 cm³/mol. The van der Waals surface area contributed by atoms with Crippen LogP contribution in [0, 0.1) is 6.92 Å². The second kappa shape index (κ2) is 12.5. The number of nitrogen functional groups attached to an aromatic ring is 1. The molecule has 3 N–H and O–H groups in total. The minimum atomic E-state index is -0.755. The minimum absolute atomic E-state index is 0.0820. The summed E-state index contributed by atoms with van der Waals surface area (Å²) in [6, 6.07) is 3.45. The number of amides is 1. The average Bonchev–Trinajstić information content (AvgIpc) is 3.19. The summed E-state index contributed by atoms with van der Waals surface area (Å²) in [4.78, 5) is 53.2. The summed E-state index contributed by atoms with van der Waals surface area (Å²) in [6.45, 7) is 5.68. The number of hydrogen-bond acceptors (Lipinski definition) is 7. The molecule has 2 rings (SSSR count). The molecule has 0 aliphatic carbocycles. The van der Waals surface area contributed by atoms with Crippen LogP contribution < -0.4 is 21.9 Å². The van der Waals surface area contributed by atoms with Crippen molar-refractivity contribution in [2.24, 2.45) is 0 Å². The molecule has 0 aliphatic rings. The van der Waals surface area contributed by atoms with E-state index in [4.69, 9.17) is 14.9 Å². The van der Waals surface area contributed by atoms with Gasteiger partial charge in [-0.05, 0) is 38.0 Å². The van der Waals surface area contributed by atoms with Crippen LogP contribution in [0.15, 0.2) is 32.2 Å². The molecule has 0 unspecified atom stereocenters. The summed E-state index contributed by atoms with van der Waals surface area (Å²) < 4.78 is 11.6. The topological polar surface area (TPSA) is 141 Å². The Labute approximate surface area is 192 Å². The van der Waals surface area contributed by atoms with E-state index >= 15 is 0 Å². The van der Waals surface area contributed by atoms with Crippen LogP contribution in [0.2, 0.25) is 0 Å². The number of rotatable bonds is 12. The Morgan fingerprint density at radius 2 is 1.91 bits per heavy atom. The standard InChI is InChI=1S/C23H32N4O6/c1-4-6-8-14-26(20-21(24)27(13-7-5-2)23(31)25-22(20)30)18(28)15-32-19(29)12-11-17-10-9-16(3)33-17/h9-12H,4-8,13-15,24H2,1-3H3,(H,25,30,31)/b12-11+. The summed E-state index contributed by atoms with van der Waals surface area (Å²) in [5.41, 5.74) is 4.67. The number of nitrogens with zero attached hydrogens (tertiary/aromatic N) is 2. The fraction of sp³-hybridized carbons (Fsp3) is 0.478. The van der Waals surface area contributed by atoms with Crippen molar-refractivity contribution < 1.29 is 18.7 Å². The Kier molecular flexibility index (Phi) is 9.71. The van der Waals surface area contributed by atoms with Gasteiger partial charge in [0.1, 0.15) is 17.3 Å². The molecular weight excluding hydrogens is 428 g/mol. The number of hydrogen-bond donors (Lipinski definition) is 2. The number of aryl methyl sites for hydroxylation is 1. The minimum Gasteiger partial charge on any atom is -0.462 e. The van der Waals surface area contributed by atoms with Crippen molar-refractivity contribution in [2.45, 2.75) is 59.4 Å². The molecule has 10 nitrogen and oxygen atoms in total. The van der Waals surface area contributed by atoms with Gasteiger partial charge in [-0.2, -0.15) is 0 Å². The number of anilines is 2. The average molecular weight is 461 g/mol. The monoisotopic (exact) mass is 460 g/mol. The van der Waals surface area contributed by atoms with E-state index in [-0.39, 0.29) is 18.1 Å². The zero-order valence-electron chi connectivity index (χ0n) is 19.4. The summed E-state index contributed by atoms with van der Waals surface area (Å²) >= 11 is 0. The molecule has 2 aromatic heterocycles. The molecule has 180 valence electrons. The van der Waals surface area contributed by atoms with Crippen molar-refractivity contribution in [1.29, 1.82) is 0 Å². The van der Waals surface area contributed by atoms with Crippen LogP contribution in [0.25, 0.3) is 6.08 Å². The number of unbranched alkanes of at least 4 members (excludes halogenated alkanes) is 3. The lowest BCUT2D eigenvalue weighted by Gasteiger charge is -2.24. The second-order valence-electron chi connectivity index (χ2n) is 7.64. The first-order valence-corrected chi connectivity index (χ1v) is 11.1. The van der Waals surface area contributed by atoms with Crippen molar-refractivity contribution in [3.8, 4) is 0 Å². The molecule has 1 amide bonds. The van der Waals surface area contributed by atoms with Crippen LogP contribution >= 0.6 is 0 Å². The molecule has 0 saturated heterocycles. The van der Waals surface area contributed by atoms with Gasteiger partial charge >= 0.3 is 11.7 Å². The van der Waals surface area contributed by atoms with Gasteiger partial charge in [0.2, 0.25) is 0 Å². The fourth-order valence-electron chi connectivity index (χ4n) is 3.21. The summed E-state index contributed by atoms with van der Waals surface area (Å²) in [5.74, 6) is -0.253. The van der Waals surface area contributed by atoms with Crippen LogP contribution in [0.1, 0.15) is 57.5 Å². The van der Waals surface area contributed by atoms with Gasteiger partial charge in [-0.15, -0.1) is 0 Å². The fourth-order valence-corrected chi connectivity index (χ4v) is 3.21. The SMILES string of the molecule is CCCCCN(C(=O)COC(=O)/C=C/c1ccc(C)o1)c1c(N)n(CCCC)c(=O)[nH]c1=O. The van der Waals surface area contributed by atoms with E-state index in [1.165, 1.54) is 15.5 Å². The number of esters is 1. The molecule has 10 heteroatoms. The maximum atomic E-state index is 12.9. The number of ether oxygens (including phenoxy) is 1. The molecule has 0 atom stereocenters. The van der Waals surface area contributed by atoms with Crippen molar-refractivity contribution in [3.05, 3.63) is 50.6 Å². The molecule has 0 bridgehead atoms. The number of carbonyl (C=O) groups excluding carboxylic acids is 2. The van der Waals surface area contributed by atoms with Crippen molar-refractivity contribution in [1.82, 2.24) is 9.55 Å². The number of furan rings is 1.